The first-order valence-corrected chi connectivity index (χ1v) is 8.92. The molecule has 4 aliphatic rings. The highest BCUT2D eigenvalue weighted by atomic mass is 16.6. The zero-order valence-corrected chi connectivity index (χ0v) is 14.1. The highest BCUT2D eigenvalue weighted by molar-refractivity contribution is 5.67. The minimum atomic E-state index is -0.251. The number of likely N-dealkylation sites (tertiary alicyclic amines) is 1. The van der Waals surface area contributed by atoms with E-state index >= 15 is 0 Å². The normalized spacial score (nSPS) is 39.1. The van der Waals surface area contributed by atoms with Crippen LogP contribution >= 0.6 is 0 Å². The predicted octanol–water partition coefficient (Wildman–Crippen LogP) is 1.99. The quantitative estimate of drug-likeness (QED) is 0.799. The molecule has 5 rings (SSSR count). The number of carbonyl (C=O) groups excluding carboxylic acids is 1. The lowest BCUT2D eigenvalue weighted by Crippen LogP contribution is -2.66. The lowest BCUT2D eigenvalue weighted by Gasteiger charge is -2.58. The molecule has 0 unspecified atom stereocenters. The second-order valence-corrected chi connectivity index (χ2v) is 7.86. The molecule has 5 heteroatoms. The van der Waals surface area contributed by atoms with Gasteiger partial charge in [-0.2, -0.15) is 0 Å². The summed E-state index contributed by atoms with van der Waals surface area (Å²) in [5.41, 5.74) is 2.39. The van der Waals surface area contributed by atoms with Crippen molar-refractivity contribution >= 4 is 5.97 Å². The molecule has 2 aliphatic heterocycles. The van der Waals surface area contributed by atoms with Crippen molar-refractivity contribution in [1.29, 1.82) is 0 Å². The lowest BCUT2D eigenvalue weighted by atomic mass is 9.51. The monoisotopic (exact) mass is 329 g/mol. The van der Waals surface area contributed by atoms with Crippen molar-refractivity contribution in [1.82, 2.24) is 4.90 Å². The van der Waals surface area contributed by atoms with Gasteiger partial charge < -0.3 is 19.5 Å². The number of nitrogens with zero attached hydrogens (tertiary/aromatic N) is 1. The van der Waals surface area contributed by atoms with Crippen molar-refractivity contribution < 1.29 is 19.4 Å². The number of phenolic OH excluding ortho intramolecular Hbond substituents is 1. The number of benzene rings is 1. The maximum atomic E-state index is 11.6. The Morgan fingerprint density at radius 3 is 3.04 bits per heavy atom. The van der Waals surface area contributed by atoms with E-state index in [-0.39, 0.29) is 29.3 Å². The summed E-state index contributed by atoms with van der Waals surface area (Å²) < 4.78 is 12.0. The Hall–Kier alpha value is -1.75. The number of aromatic hydroxyl groups is 1. The van der Waals surface area contributed by atoms with Gasteiger partial charge in [-0.1, -0.05) is 6.07 Å². The second kappa shape index (κ2) is 4.66. The van der Waals surface area contributed by atoms with Crippen molar-refractivity contribution in [2.75, 3.05) is 13.6 Å². The Kier molecular flexibility index (Phi) is 2.83. The molecule has 128 valence electrons. The van der Waals surface area contributed by atoms with E-state index in [0.29, 0.717) is 17.7 Å². The fourth-order valence-corrected chi connectivity index (χ4v) is 6.02. The van der Waals surface area contributed by atoms with Crippen LogP contribution in [0.15, 0.2) is 12.1 Å². The van der Waals surface area contributed by atoms with Crippen LogP contribution in [-0.4, -0.2) is 47.8 Å². The molecular weight excluding hydrogens is 306 g/mol. The van der Waals surface area contributed by atoms with Gasteiger partial charge in [-0.15, -0.1) is 0 Å². The number of esters is 1. The molecule has 5 atom stereocenters. The molecule has 1 saturated heterocycles. The number of ether oxygens (including phenoxy) is 2. The fourth-order valence-electron chi connectivity index (χ4n) is 6.02. The Bertz CT molecular complexity index is 732. The largest absolute Gasteiger partial charge is 0.504 e. The van der Waals surface area contributed by atoms with E-state index in [9.17, 15) is 9.90 Å². The van der Waals surface area contributed by atoms with Gasteiger partial charge in [0.25, 0.3) is 0 Å². The average molecular weight is 329 g/mol. The van der Waals surface area contributed by atoms with Crippen LogP contribution in [0.2, 0.25) is 0 Å². The Labute approximate surface area is 141 Å². The molecule has 1 aromatic carbocycles. The van der Waals surface area contributed by atoms with E-state index < -0.39 is 0 Å². The van der Waals surface area contributed by atoms with E-state index in [1.165, 1.54) is 18.1 Å². The molecule has 2 heterocycles. The Morgan fingerprint density at radius 2 is 2.25 bits per heavy atom. The van der Waals surface area contributed by atoms with Crippen molar-refractivity contribution in [2.24, 2.45) is 5.92 Å². The van der Waals surface area contributed by atoms with E-state index in [2.05, 4.69) is 18.0 Å². The highest BCUT2D eigenvalue weighted by Gasteiger charge is 2.66. The Balaban J connectivity index is 1.71. The standard InChI is InChI=1S/C19H23NO4/c1-10(21)23-15-6-4-12-13-9-11-3-5-14(22)17-16(11)19(12,18(15)24-17)7-8-20(13)2/h3,5,12-13,15,18,22H,4,6-9H2,1-2H3/t12-,13+,15-,18-,19-/m0/s1. The summed E-state index contributed by atoms with van der Waals surface area (Å²) in [4.78, 5) is 14.1. The van der Waals surface area contributed by atoms with Gasteiger partial charge in [0.05, 0.1) is 0 Å². The summed E-state index contributed by atoms with van der Waals surface area (Å²) in [6, 6.07) is 4.31. The third-order valence-corrected chi connectivity index (χ3v) is 6.86. The summed E-state index contributed by atoms with van der Waals surface area (Å²) in [6.07, 6.45) is 3.50. The van der Waals surface area contributed by atoms with Gasteiger partial charge in [0.2, 0.25) is 0 Å². The van der Waals surface area contributed by atoms with Gasteiger partial charge in [-0.05, 0) is 56.8 Å². The summed E-state index contributed by atoms with van der Waals surface area (Å²) in [5, 5.41) is 10.4. The van der Waals surface area contributed by atoms with Crippen molar-refractivity contribution in [3.8, 4) is 11.5 Å². The molecule has 24 heavy (non-hydrogen) atoms. The van der Waals surface area contributed by atoms with E-state index in [1.54, 1.807) is 6.07 Å². The van der Waals surface area contributed by atoms with Gasteiger partial charge in [-0.25, -0.2) is 0 Å². The van der Waals surface area contributed by atoms with Crippen LogP contribution in [0.3, 0.4) is 0 Å². The van der Waals surface area contributed by atoms with Gasteiger partial charge in [0.15, 0.2) is 11.5 Å². The zero-order valence-electron chi connectivity index (χ0n) is 14.1. The van der Waals surface area contributed by atoms with Crippen LogP contribution < -0.4 is 4.74 Å². The van der Waals surface area contributed by atoms with Gasteiger partial charge in [0, 0.05) is 23.9 Å². The predicted molar refractivity (Wildman–Crippen MR) is 87.2 cm³/mol. The molecule has 0 amide bonds. The highest BCUT2D eigenvalue weighted by Crippen LogP contribution is 2.63. The molecule has 0 radical (unpaired) electrons. The number of hydrogen-bond donors (Lipinski definition) is 1. The van der Waals surface area contributed by atoms with Gasteiger partial charge in [-0.3, -0.25) is 4.79 Å². The summed E-state index contributed by atoms with van der Waals surface area (Å²) in [7, 11) is 2.22. The number of phenols is 1. The molecule has 2 bridgehead atoms. The molecule has 1 aromatic rings. The molecule has 1 spiro atoms. The van der Waals surface area contributed by atoms with Crippen LogP contribution in [0.1, 0.15) is 37.3 Å². The van der Waals surface area contributed by atoms with Crippen molar-refractivity contribution in [3.63, 3.8) is 0 Å². The number of hydrogen-bond acceptors (Lipinski definition) is 5. The summed E-state index contributed by atoms with van der Waals surface area (Å²) >= 11 is 0. The van der Waals surface area contributed by atoms with Gasteiger partial charge in [0.1, 0.15) is 12.2 Å². The maximum Gasteiger partial charge on any atom is 0.303 e. The fraction of sp³-hybridized carbons (Fsp3) is 0.632. The molecular formula is C19H23NO4. The maximum absolute atomic E-state index is 11.6. The minimum Gasteiger partial charge on any atom is -0.504 e. The van der Waals surface area contributed by atoms with E-state index in [0.717, 1.165) is 32.2 Å². The number of likely N-dealkylation sites (N-methyl/N-ethyl adjacent to an activating group) is 1. The average Bonchev–Trinajstić information content (AvgIpc) is 2.89. The third-order valence-electron chi connectivity index (χ3n) is 6.86. The molecule has 5 nitrogen and oxygen atoms in total. The molecule has 0 aromatic heterocycles. The third kappa shape index (κ3) is 1.61. The number of rotatable bonds is 1. The summed E-state index contributed by atoms with van der Waals surface area (Å²) in [5.74, 6) is 1.11. The van der Waals surface area contributed by atoms with E-state index in [4.69, 9.17) is 9.47 Å². The summed E-state index contributed by atoms with van der Waals surface area (Å²) in [6.45, 7) is 2.48. The SMILES string of the molecule is CC(=O)O[C@H]1CC[C@H]2[C@H]3Cc4ccc(O)c5c4[C@@]2(CCN3C)[C@H]1O5. The van der Waals surface area contributed by atoms with Gasteiger partial charge >= 0.3 is 5.97 Å². The second-order valence-electron chi connectivity index (χ2n) is 7.86. The van der Waals surface area contributed by atoms with Crippen LogP contribution in [0.5, 0.6) is 11.5 Å². The molecule has 2 aliphatic carbocycles. The van der Waals surface area contributed by atoms with Crippen LogP contribution in [-0.2, 0) is 21.4 Å². The lowest BCUT2D eigenvalue weighted by molar-refractivity contribution is -0.163. The first kappa shape index (κ1) is 14.6. The smallest absolute Gasteiger partial charge is 0.303 e. The number of carbonyl (C=O) groups is 1. The Morgan fingerprint density at radius 1 is 1.42 bits per heavy atom. The topological polar surface area (TPSA) is 59.0 Å². The van der Waals surface area contributed by atoms with Crippen LogP contribution in [0, 0.1) is 5.92 Å². The molecule has 1 saturated carbocycles. The van der Waals surface area contributed by atoms with Crippen molar-refractivity contribution in [3.05, 3.63) is 23.3 Å². The number of piperidine rings is 1. The van der Waals surface area contributed by atoms with E-state index in [1.807, 2.05) is 0 Å². The minimum absolute atomic E-state index is 0.114. The zero-order chi connectivity index (χ0) is 16.6. The van der Waals surface area contributed by atoms with Crippen molar-refractivity contribution in [2.45, 2.75) is 56.3 Å². The van der Waals surface area contributed by atoms with Crippen LogP contribution in [0.4, 0.5) is 0 Å². The first-order chi connectivity index (χ1) is 11.5. The first-order valence-electron chi connectivity index (χ1n) is 8.92. The molecule has 2 fully saturated rings. The van der Waals surface area contributed by atoms with Crippen LogP contribution in [0.25, 0.3) is 0 Å². The molecule has 1 N–H and O–H groups in total.